The van der Waals surface area contributed by atoms with E-state index in [0.717, 1.165) is 81.3 Å². The Balaban J connectivity index is 1.62. The standard InChI is InChI=1S/C21H33ClN6O2/c1-4-7-28-16(14-26-8-5-15(6-9-26)21(2,3)29)23-17-18(24-20(22)25-19(17)28)27-10-12-30-13-11-27/h15,29H,4-14H2,1-3H3. The third-order valence-corrected chi connectivity index (χ3v) is 6.51. The van der Waals surface area contributed by atoms with Crippen molar-refractivity contribution in [2.45, 2.75) is 58.7 Å². The molecular weight excluding hydrogens is 404 g/mol. The van der Waals surface area contributed by atoms with Gasteiger partial charge in [-0.05, 0) is 63.7 Å². The van der Waals surface area contributed by atoms with Gasteiger partial charge >= 0.3 is 0 Å². The summed E-state index contributed by atoms with van der Waals surface area (Å²) >= 11 is 6.32. The van der Waals surface area contributed by atoms with E-state index < -0.39 is 5.60 Å². The van der Waals surface area contributed by atoms with Crippen LogP contribution in [0.25, 0.3) is 11.2 Å². The van der Waals surface area contributed by atoms with E-state index in [1.54, 1.807) is 0 Å². The van der Waals surface area contributed by atoms with Crippen LogP contribution in [0.3, 0.4) is 0 Å². The fourth-order valence-corrected chi connectivity index (χ4v) is 4.74. The third-order valence-electron chi connectivity index (χ3n) is 6.34. The molecule has 0 aliphatic carbocycles. The van der Waals surface area contributed by atoms with Crippen LogP contribution in [-0.2, 0) is 17.8 Å². The van der Waals surface area contributed by atoms with Crippen molar-refractivity contribution in [3.05, 3.63) is 11.1 Å². The number of rotatable bonds is 6. The van der Waals surface area contributed by atoms with E-state index >= 15 is 0 Å². The maximum Gasteiger partial charge on any atom is 0.226 e. The van der Waals surface area contributed by atoms with Crippen LogP contribution in [0.5, 0.6) is 0 Å². The van der Waals surface area contributed by atoms with E-state index in [4.69, 9.17) is 21.3 Å². The van der Waals surface area contributed by atoms with E-state index in [0.29, 0.717) is 19.1 Å². The zero-order valence-electron chi connectivity index (χ0n) is 18.3. The number of morpholine rings is 1. The number of fused-ring (bicyclic) bond motifs is 1. The molecule has 4 heterocycles. The summed E-state index contributed by atoms with van der Waals surface area (Å²) in [5.41, 5.74) is 1.04. The Hall–Kier alpha value is -1.48. The average molecular weight is 437 g/mol. The van der Waals surface area contributed by atoms with Crippen LogP contribution in [0, 0.1) is 5.92 Å². The van der Waals surface area contributed by atoms with Gasteiger partial charge in [0, 0.05) is 19.6 Å². The Kier molecular flexibility index (Phi) is 6.48. The molecule has 9 heteroatoms. The number of likely N-dealkylation sites (tertiary alicyclic amines) is 1. The molecule has 166 valence electrons. The Bertz CT molecular complexity index is 866. The van der Waals surface area contributed by atoms with E-state index in [1.807, 2.05) is 13.8 Å². The summed E-state index contributed by atoms with van der Waals surface area (Å²) in [5.74, 6) is 2.17. The molecule has 4 rings (SSSR count). The number of aliphatic hydroxyl groups is 1. The fraction of sp³-hybridized carbons (Fsp3) is 0.762. The minimum absolute atomic E-state index is 0.263. The molecule has 2 aromatic heterocycles. The maximum atomic E-state index is 10.3. The van der Waals surface area contributed by atoms with Gasteiger partial charge in [-0.25, -0.2) is 4.98 Å². The summed E-state index contributed by atoms with van der Waals surface area (Å²) in [5, 5.41) is 10.6. The molecule has 8 nitrogen and oxygen atoms in total. The second kappa shape index (κ2) is 8.94. The molecule has 0 bridgehead atoms. The normalized spacial score (nSPS) is 19.7. The minimum Gasteiger partial charge on any atom is -0.390 e. The molecule has 1 N–H and O–H groups in total. The molecule has 30 heavy (non-hydrogen) atoms. The van der Waals surface area contributed by atoms with Crippen molar-refractivity contribution in [2.24, 2.45) is 5.92 Å². The van der Waals surface area contributed by atoms with Crippen LogP contribution < -0.4 is 4.90 Å². The first kappa shape index (κ1) is 21.7. The van der Waals surface area contributed by atoms with Crippen LogP contribution in [-0.4, -0.2) is 74.5 Å². The Morgan fingerprint density at radius 3 is 2.43 bits per heavy atom. The highest BCUT2D eigenvalue weighted by Crippen LogP contribution is 2.30. The predicted octanol–water partition coefficient (Wildman–Crippen LogP) is 2.71. The molecule has 0 aromatic carbocycles. The fourth-order valence-electron chi connectivity index (χ4n) is 4.58. The topological polar surface area (TPSA) is 79.5 Å². The number of nitrogens with zero attached hydrogens (tertiary/aromatic N) is 6. The lowest BCUT2D eigenvalue weighted by Crippen LogP contribution is -2.41. The van der Waals surface area contributed by atoms with Gasteiger partial charge in [-0.2, -0.15) is 9.97 Å². The van der Waals surface area contributed by atoms with Crippen molar-refractivity contribution < 1.29 is 9.84 Å². The molecule has 0 unspecified atom stereocenters. The van der Waals surface area contributed by atoms with Gasteiger partial charge in [0.15, 0.2) is 17.0 Å². The number of hydrogen-bond donors (Lipinski definition) is 1. The first-order chi connectivity index (χ1) is 14.4. The zero-order valence-corrected chi connectivity index (χ0v) is 19.0. The Labute approximate surface area is 183 Å². The van der Waals surface area contributed by atoms with Crippen molar-refractivity contribution in [3.8, 4) is 0 Å². The summed E-state index contributed by atoms with van der Waals surface area (Å²) in [6.45, 7) is 12.5. The molecule has 2 fully saturated rings. The first-order valence-corrected chi connectivity index (χ1v) is 11.4. The van der Waals surface area contributed by atoms with Gasteiger partial charge in [0.25, 0.3) is 0 Å². The number of piperidine rings is 1. The Morgan fingerprint density at radius 2 is 1.80 bits per heavy atom. The SMILES string of the molecule is CCCn1c(CN2CCC(C(C)(C)O)CC2)nc2c(N3CCOCC3)nc(Cl)nc21. The van der Waals surface area contributed by atoms with Crippen LogP contribution in [0.4, 0.5) is 5.82 Å². The minimum atomic E-state index is -0.610. The summed E-state index contributed by atoms with van der Waals surface area (Å²) in [4.78, 5) is 18.7. The molecular formula is C21H33ClN6O2. The lowest BCUT2D eigenvalue weighted by atomic mass is 9.83. The lowest BCUT2D eigenvalue weighted by Gasteiger charge is -2.37. The maximum absolute atomic E-state index is 10.3. The summed E-state index contributed by atoms with van der Waals surface area (Å²) in [6.07, 6.45) is 3.00. The summed E-state index contributed by atoms with van der Waals surface area (Å²) in [7, 11) is 0. The van der Waals surface area contributed by atoms with Crippen molar-refractivity contribution in [3.63, 3.8) is 0 Å². The molecule has 0 atom stereocenters. The molecule has 0 amide bonds. The van der Waals surface area contributed by atoms with Crippen molar-refractivity contribution in [1.82, 2.24) is 24.4 Å². The van der Waals surface area contributed by atoms with Crippen LogP contribution in [0.15, 0.2) is 0 Å². The number of aromatic nitrogens is 4. The molecule has 2 aromatic rings. The van der Waals surface area contributed by atoms with E-state index in [1.165, 1.54) is 0 Å². The highest BCUT2D eigenvalue weighted by molar-refractivity contribution is 6.28. The average Bonchev–Trinajstić information content (AvgIpc) is 3.05. The molecule has 0 saturated carbocycles. The van der Waals surface area contributed by atoms with Crippen LogP contribution in [0.1, 0.15) is 45.9 Å². The van der Waals surface area contributed by atoms with Gasteiger partial charge in [-0.1, -0.05) is 6.92 Å². The molecule has 2 aliphatic heterocycles. The number of anilines is 1. The second-order valence-corrected chi connectivity index (χ2v) is 9.31. The molecule has 0 radical (unpaired) electrons. The number of aryl methyl sites for hydroxylation is 1. The van der Waals surface area contributed by atoms with Crippen LogP contribution >= 0.6 is 11.6 Å². The van der Waals surface area contributed by atoms with Gasteiger partial charge in [0.2, 0.25) is 5.28 Å². The molecule has 2 saturated heterocycles. The van der Waals surface area contributed by atoms with Crippen molar-refractivity contribution in [1.29, 1.82) is 0 Å². The number of hydrogen-bond acceptors (Lipinski definition) is 7. The lowest BCUT2D eigenvalue weighted by molar-refractivity contribution is -0.0140. The quantitative estimate of drug-likeness (QED) is 0.697. The smallest absolute Gasteiger partial charge is 0.226 e. The largest absolute Gasteiger partial charge is 0.390 e. The second-order valence-electron chi connectivity index (χ2n) is 8.97. The van der Waals surface area contributed by atoms with Gasteiger partial charge in [0.05, 0.1) is 25.4 Å². The number of halogens is 1. The molecule has 0 spiro atoms. The van der Waals surface area contributed by atoms with Gasteiger partial charge in [-0.3, -0.25) is 4.90 Å². The van der Waals surface area contributed by atoms with E-state index in [9.17, 15) is 5.11 Å². The highest BCUT2D eigenvalue weighted by Gasteiger charge is 2.31. The number of ether oxygens (including phenoxy) is 1. The molecule has 2 aliphatic rings. The van der Waals surface area contributed by atoms with Crippen molar-refractivity contribution in [2.75, 3.05) is 44.3 Å². The summed E-state index contributed by atoms with van der Waals surface area (Å²) in [6, 6.07) is 0. The monoisotopic (exact) mass is 436 g/mol. The zero-order chi connectivity index (χ0) is 21.3. The van der Waals surface area contributed by atoms with E-state index in [-0.39, 0.29) is 5.28 Å². The van der Waals surface area contributed by atoms with Gasteiger partial charge < -0.3 is 19.3 Å². The predicted molar refractivity (Wildman–Crippen MR) is 118 cm³/mol. The summed E-state index contributed by atoms with van der Waals surface area (Å²) < 4.78 is 7.70. The van der Waals surface area contributed by atoms with Crippen molar-refractivity contribution >= 4 is 28.6 Å². The first-order valence-electron chi connectivity index (χ1n) is 11.1. The third kappa shape index (κ3) is 4.56. The van der Waals surface area contributed by atoms with Gasteiger partial charge in [0.1, 0.15) is 5.82 Å². The number of imidazole rings is 1. The van der Waals surface area contributed by atoms with E-state index in [2.05, 4.69) is 31.3 Å². The Morgan fingerprint density at radius 1 is 1.10 bits per heavy atom. The van der Waals surface area contributed by atoms with Gasteiger partial charge in [-0.15, -0.1) is 0 Å². The van der Waals surface area contributed by atoms with Crippen LogP contribution in [0.2, 0.25) is 5.28 Å². The highest BCUT2D eigenvalue weighted by atomic mass is 35.5.